The highest BCUT2D eigenvalue weighted by atomic mass is 35.5. The Morgan fingerprint density at radius 3 is 2.45 bits per heavy atom. The number of rotatable bonds is 4. The Balaban J connectivity index is 1.94. The van der Waals surface area contributed by atoms with Crippen molar-refractivity contribution in [1.29, 1.82) is 0 Å². The number of aryl methyl sites for hydroxylation is 1. The highest BCUT2D eigenvalue weighted by Gasteiger charge is 2.48. The molecule has 1 N–H and O–H groups in total. The number of aliphatic hydroxyl groups excluding tert-OH is 1. The Hall–Kier alpha value is -3.20. The third kappa shape index (κ3) is 4.13. The number of amides is 1. The normalized spacial score (nSPS) is 17.5. The molecular weight excluding hydrogens is 487 g/mol. The zero-order chi connectivity index (χ0) is 23.9. The second-order valence-electron chi connectivity index (χ2n) is 7.13. The van der Waals surface area contributed by atoms with Gasteiger partial charge in [-0.3, -0.25) is 14.5 Å². The van der Waals surface area contributed by atoms with Crippen LogP contribution in [0.2, 0.25) is 10.0 Å². The van der Waals surface area contributed by atoms with Gasteiger partial charge in [-0.25, -0.2) is 9.78 Å². The molecule has 10 heteroatoms. The smallest absolute Gasteiger partial charge is 0.350 e. The van der Waals surface area contributed by atoms with Crippen molar-refractivity contribution in [2.75, 3.05) is 12.0 Å². The Labute approximate surface area is 202 Å². The van der Waals surface area contributed by atoms with Crippen molar-refractivity contribution in [1.82, 2.24) is 4.98 Å². The Morgan fingerprint density at radius 2 is 1.82 bits per heavy atom. The fourth-order valence-corrected chi connectivity index (χ4v) is 4.89. The van der Waals surface area contributed by atoms with E-state index in [0.29, 0.717) is 26.9 Å². The van der Waals surface area contributed by atoms with Crippen LogP contribution in [0.25, 0.3) is 5.76 Å². The van der Waals surface area contributed by atoms with E-state index in [-0.39, 0.29) is 21.3 Å². The van der Waals surface area contributed by atoms with E-state index in [9.17, 15) is 19.5 Å². The topological polar surface area (TPSA) is 96.8 Å². The average molecular weight is 503 g/mol. The van der Waals surface area contributed by atoms with Gasteiger partial charge >= 0.3 is 11.9 Å². The molecule has 0 spiro atoms. The molecule has 2 aromatic carbocycles. The van der Waals surface area contributed by atoms with E-state index in [4.69, 9.17) is 27.9 Å². The van der Waals surface area contributed by atoms with Gasteiger partial charge < -0.3 is 9.84 Å². The molecule has 7 nitrogen and oxygen atoms in total. The molecule has 0 bridgehead atoms. The zero-order valence-electron chi connectivity index (χ0n) is 17.3. The first-order chi connectivity index (χ1) is 15.7. The molecule has 1 fully saturated rings. The van der Waals surface area contributed by atoms with Crippen molar-refractivity contribution in [3.8, 4) is 0 Å². The van der Waals surface area contributed by atoms with Crippen molar-refractivity contribution < 1.29 is 24.2 Å². The molecule has 1 saturated heterocycles. The number of anilines is 1. The summed E-state index contributed by atoms with van der Waals surface area (Å²) < 4.78 is 4.78. The number of esters is 1. The molecule has 0 radical (unpaired) electrons. The number of hydrogen-bond donors (Lipinski definition) is 1. The summed E-state index contributed by atoms with van der Waals surface area (Å²) in [6, 6.07) is 11.8. The number of benzene rings is 2. The van der Waals surface area contributed by atoms with Gasteiger partial charge in [0.15, 0.2) is 5.13 Å². The van der Waals surface area contributed by atoms with E-state index in [0.717, 1.165) is 11.3 Å². The SMILES string of the molecule is COC(=O)c1sc(N2C(=O)C(=O)/C(=C(/O)c3ccc(Cl)cc3)C2c2cccc(Cl)c2)nc1C. The number of halogens is 2. The minimum atomic E-state index is -1.02. The summed E-state index contributed by atoms with van der Waals surface area (Å²) in [5, 5.41) is 12.0. The number of aliphatic hydroxyl groups is 1. The standard InChI is InChI=1S/C23H16Cl2N2O5S/c1-11-20(22(31)32-2)33-23(26-11)27-17(13-4-3-5-15(25)10-13)16(19(29)21(27)30)18(28)12-6-8-14(24)9-7-12/h3-10,17,28H,1-2H3/b18-16+. The second kappa shape index (κ2) is 8.97. The summed E-state index contributed by atoms with van der Waals surface area (Å²) in [4.78, 5) is 44.1. The van der Waals surface area contributed by atoms with Gasteiger partial charge in [0, 0.05) is 15.6 Å². The Kier molecular flexibility index (Phi) is 6.25. The van der Waals surface area contributed by atoms with Crippen LogP contribution in [0.3, 0.4) is 0 Å². The van der Waals surface area contributed by atoms with Gasteiger partial charge in [0.25, 0.3) is 5.78 Å². The highest BCUT2D eigenvalue weighted by molar-refractivity contribution is 7.17. The van der Waals surface area contributed by atoms with Gasteiger partial charge in [-0.2, -0.15) is 0 Å². The highest BCUT2D eigenvalue weighted by Crippen LogP contribution is 2.44. The number of thiazole rings is 1. The number of Topliss-reactive ketones (excluding diaryl/α,β-unsaturated/α-hetero) is 1. The molecule has 1 amide bonds. The summed E-state index contributed by atoms with van der Waals surface area (Å²) in [7, 11) is 1.24. The molecule has 4 rings (SSSR count). The third-order valence-electron chi connectivity index (χ3n) is 5.09. The van der Waals surface area contributed by atoms with Crippen molar-refractivity contribution in [2.24, 2.45) is 0 Å². The lowest BCUT2D eigenvalue weighted by Gasteiger charge is -2.23. The molecular formula is C23H16Cl2N2O5S. The van der Waals surface area contributed by atoms with Crippen molar-refractivity contribution in [3.05, 3.63) is 85.8 Å². The Morgan fingerprint density at radius 1 is 1.12 bits per heavy atom. The number of nitrogens with zero attached hydrogens (tertiary/aromatic N) is 2. The van der Waals surface area contributed by atoms with E-state index >= 15 is 0 Å². The lowest BCUT2D eigenvalue weighted by molar-refractivity contribution is -0.132. The van der Waals surface area contributed by atoms with Crippen LogP contribution >= 0.6 is 34.5 Å². The first-order valence-corrected chi connectivity index (χ1v) is 11.2. The molecule has 2 heterocycles. The van der Waals surface area contributed by atoms with Crippen LogP contribution in [0, 0.1) is 6.92 Å². The summed E-state index contributed by atoms with van der Waals surface area (Å²) in [5.74, 6) is -2.74. The summed E-state index contributed by atoms with van der Waals surface area (Å²) in [5.41, 5.74) is 1.03. The van der Waals surface area contributed by atoms with Crippen LogP contribution in [-0.4, -0.2) is 34.9 Å². The minimum absolute atomic E-state index is 0.120. The lowest BCUT2D eigenvalue weighted by Crippen LogP contribution is -2.29. The number of carbonyl (C=O) groups excluding carboxylic acids is 3. The summed E-state index contributed by atoms with van der Waals surface area (Å²) in [6.45, 7) is 1.60. The average Bonchev–Trinajstić information content (AvgIpc) is 3.30. The minimum Gasteiger partial charge on any atom is -0.507 e. The molecule has 1 unspecified atom stereocenters. The van der Waals surface area contributed by atoms with Crippen LogP contribution in [0.1, 0.15) is 32.5 Å². The van der Waals surface area contributed by atoms with Crippen molar-refractivity contribution in [3.63, 3.8) is 0 Å². The Bertz CT molecular complexity index is 1320. The third-order valence-corrected chi connectivity index (χ3v) is 6.71. The molecule has 0 saturated carbocycles. The fraction of sp³-hybridized carbons (Fsp3) is 0.130. The van der Waals surface area contributed by atoms with E-state index in [2.05, 4.69) is 4.98 Å². The van der Waals surface area contributed by atoms with Crippen LogP contribution in [-0.2, 0) is 14.3 Å². The predicted molar refractivity (Wildman–Crippen MR) is 126 cm³/mol. The zero-order valence-corrected chi connectivity index (χ0v) is 19.7. The molecule has 3 aromatic rings. The number of methoxy groups -OCH3 is 1. The summed E-state index contributed by atoms with van der Waals surface area (Å²) in [6.07, 6.45) is 0. The van der Waals surface area contributed by atoms with E-state index < -0.39 is 23.7 Å². The maximum atomic E-state index is 13.2. The monoisotopic (exact) mass is 502 g/mol. The molecule has 1 aliphatic rings. The maximum Gasteiger partial charge on any atom is 0.350 e. The number of carbonyl (C=O) groups is 3. The van der Waals surface area contributed by atoms with Crippen LogP contribution in [0.5, 0.6) is 0 Å². The van der Waals surface area contributed by atoms with Crippen LogP contribution in [0.15, 0.2) is 54.1 Å². The molecule has 1 atom stereocenters. The van der Waals surface area contributed by atoms with Gasteiger partial charge in [-0.1, -0.05) is 46.7 Å². The van der Waals surface area contributed by atoms with E-state index in [1.165, 1.54) is 12.0 Å². The first kappa shape index (κ1) is 23.0. The van der Waals surface area contributed by atoms with Crippen LogP contribution in [0.4, 0.5) is 5.13 Å². The quantitative estimate of drug-likeness (QED) is 0.228. The van der Waals surface area contributed by atoms with Gasteiger partial charge in [-0.05, 0) is 48.9 Å². The number of ether oxygens (including phenoxy) is 1. The second-order valence-corrected chi connectivity index (χ2v) is 8.98. The first-order valence-electron chi connectivity index (χ1n) is 9.61. The fourth-order valence-electron chi connectivity index (χ4n) is 3.55. The number of hydrogen-bond acceptors (Lipinski definition) is 7. The van der Waals surface area contributed by atoms with Crippen molar-refractivity contribution in [2.45, 2.75) is 13.0 Å². The number of ketones is 1. The van der Waals surface area contributed by atoms with E-state index in [1.807, 2.05) is 0 Å². The molecule has 33 heavy (non-hydrogen) atoms. The van der Waals surface area contributed by atoms with Crippen LogP contribution < -0.4 is 4.90 Å². The molecule has 1 aromatic heterocycles. The van der Waals surface area contributed by atoms with E-state index in [1.54, 1.807) is 55.5 Å². The van der Waals surface area contributed by atoms with Crippen molar-refractivity contribution >= 4 is 63.1 Å². The number of aromatic nitrogens is 1. The molecule has 168 valence electrons. The molecule has 0 aliphatic carbocycles. The molecule has 1 aliphatic heterocycles. The van der Waals surface area contributed by atoms with Gasteiger partial charge in [0.1, 0.15) is 10.6 Å². The van der Waals surface area contributed by atoms with Gasteiger partial charge in [-0.15, -0.1) is 0 Å². The maximum absolute atomic E-state index is 13.2. The summed E-state index contributed by atoms with van der Waals surface area (Å²) >= 11 is 13.0. The predicted octanol–water partition coefficient (Wildman–Crippen LogP) is 5.17. The van der Waals surface area contributed by atoms with Gasteiger partial charge in [0.2, 0.25) is 0 Å². The van der Waals surface area contributed by atoms with Gasteiger partial charge in [0.05, 0.1) is 24.4 Å². The lowest BCUT2D eigenvalue weighted by atomic mass is 9.95. The largest absolute Gasteiger partial charge is 0.507 e.